The fourth-order valence-electron chi connectivity index (χ4n) is 1.86. The standard InChI is InChI=1S/C15H26O5/c1-14(2,13(18)19)9-5-7-12(17)8-6-10-15(3,4)20-11-16/h11H,5-10H2,1-4H3,(H,18,19). The van der Waals surface area contributed by atoms with Crippen LogP contribution in [0.2, 0.25) is 0 Å². The zero-order chi connectivity index (χ0) is 15.8. The number of carbonyl (C=O) groups is 3. The number of ketones is 1. The molecule has 20 heavy (non-hydrogen) atoms. The predicted octanol–water partition coefficient (Wildman–Crippen LogP) is 2.96. The van der Waals surface area contributed by atoms with E-state index < -0.39 is 17.0 Å². The number of hydrogen-bond acceptors (Lipinski definition) is 4. The van der Waals surface area contributed by atoms with Crippen LogP contribution < -0.4 is 0 Å². The molecule has 0 amide bonds. The Morgan fingerprint density at radius 2 is 1.55 bits per heavy atom. The lowest BCUT2D eigenvalue weighted by Gasteiger charge is -2.22. The zero-order valence-corrected chi connectivity index (χ0v) is 12.9. The molecular weight excluding hydrogens is 260 g/mol. The third kappa shape index (κ3) is 7.92. The van der Waals surface area contributed by atoms with E-state index in [1.807, 2.05) is 0 Å². The largest absolute Gasteiger partial charge is 0.481 e. The van der Waals surface area contributed by atoms with Gasteiger partial charge in [0.2, 0.25) is 0 Å². The number of hydrogen-bond donors (Lipinski definition) is 1. The van der Waals surface area contributed by atoms with Crippen LogP contribution >= 0.6 is 0 Å². The fourth-order valence-corrected chi connectivity index (χ4v) is 1.86. The van der Waals surface area contributed by atoms with Crippen molar-refractivity contribution in [3.05, 3.63) is 0 Å². The number of Topliss-reactive ketones (excluding diaryl/α,β-unsaturated/α-hetero) is 1. The Kier molecular flexibility index (Phi) is 7.46. The highest BCUT2D eigenvalue weighted by Crippen LogP contribution is 2.24. The molecule has 5 heteroatoms. The van der Waals surface area contributed by atoms with Gasteiger partial charge in [-0.25, -0.2) is 0 Å². The molecule has 0 fully saturated rings. The molecular formula is C15H26O5. The maximum atomic E-state index is 11.7. The van der Waals surface area contributed by atoms with Crippen molar-refractivity contribution >= 4 is 18.2 Å². The second-order valence-electron chi connectivity index (χ2n) is 6.41. The fraction of sp³-hybridized carbons (Fsp3) is 0.800. The van der Waals surface area contributed by atoms with Crippen LogP contribution in [0.15, 0.2) is 0 Å². The molecule has 0 aromatic rings. The van der Waals surface area contributed by atoms with E-state index in [-0.39, 0.29) is 5.78 Å². The summed E-state index contributed by atoms with van der Waals surface area (Å²) in [4.78, 5) is 32.9. The highest BCUT2D eigenvalue weighted by molar-refractivity contribution is 5.78. The van der Waals surface area contributed by atoms with Crippen molar-refractivity contribution < 1.29 is 24.2 Å². The molecule has 0 spiro atoms. The van der Waals surface area contributed by atoms with Crippen molar-refractivity contribution in [2.24, 2.45) is 5.41 Å². The minimum atomic E-state index is -0.835. The van der Waals surface area contributed by atoms with Gasteiger partial charge in [0.15, 0.2) is 0 Å². The highest BCUT2D eigenvalue weighted by atomic mass is 16.5. The van der Waals surface area contributed by atoms with Gasteiger partial charge in [-0.05, 0) is 53.4 Å². The van der Waals surface area contributed by atoms with E-state index in [9.17, 15) is 14.4 Å². The summed E-state index contributed by atoms with van der Waals surface area (Å²) in [7, 11) is 0. The second kappa shape index (κ2) is 8.02. The van der Waals surface area contributed by atoms with Gasteiger partial charge in [0.25, 0.3) is 6.47 Å². The van der Waals surface area contributed by atoms with Gasteiger partial charge in [-0.3, -0.25) is 14.4 Å². The molecule has 116 valence electrons. The summed E-state index contributed by atoms with van der Waals surface area (Å²) in [5.74, 6) is -0.703. The van der Waals surface area contributed by atoms with E-state index >= 15 is 0 Å². The zero-order valence-electron chi connectivity index (χ0n) is 12.9. The molecule has 0 aromatic heterocycles. The highest BCUT2D eigenvalue weighted by Gasteiger charge is 2.26. The Balaban J connectivity index is 3.86. The summed E-state index contributed by atoms with van der Waals surface area (Å²) in [6.07, 6.45) is 3.24. The topological polar surface area (TPSA) is 80.7 Å². The van der Waals surface area contributed by atoms with Gasteiger partial charge >= 0.3 is 5.97 Å². The van der Waals surface area contributed by atoms with Crippen LogP contribution in [0.3, 0.4) is 0 Å². The number of carbonyl (C=O) groups excluding carboxylic acids is 2. The Hall–Kier alpha value is -1.39. The molecule has 0 aromatic carbocycles. The van der Waals surface area contributed by atoms with Crippen LogP contribution in [0.1, 0.15) is 66.2 Å². The summed E-state index contributed by atoms with van der Waals surface area (Å²) in [6.45, 7) is 7.37. The summed E-state index contributed by atoms with van der Waals surface area (Å²) >= 11 is 0. The minimum absolute atomic E-state index is 0.132. The van der Waals surface area contributed by atoms with Crippen LogP contribution in [-0.4, -0.2) is 28.9 Å². The number of rotatable bonds is 11. The van der Waals surface area contributed by atoms with Gasteiger partial charge < -0.3 is 9.84 Å². The molecule has 0 aliphatic heterocycles. The lowest BCUT2D eigenvalue weighted by Crippen LogP contribution is -2.24. The monoisotopic (exact) mass is 286 g/mol. The molecule has 0 radical (unpaired) electrons. The molecule has 5 nitrogen and oxygen atoms in total. The van der Waals surface area contributed by atoms with Gasteiger partial charge in [-0.15, -0.1) is 0 Å². The molecule has 0 unspecified atom stereocenters. The van der Waals surface area contributed by atoms with Crippen molar-refractivity contribution in [1.82, 2.24) is 0 Å². The number of ether oxygens (including phenoxy) is 1. The quantitative estimate of drug-likeness (QED) is 0.591. The van der Waals surface area contributed by atoms with E-state index in [0.29, 0.717) is 45.0 Å². The van der Waals surface area contributed by atoms with Crippen LogP contribution in [0.5, 0.6) is 0 Å². The molecule has 0 atom stereocenters. The van der Waals surface area contributed by atoms with E-state index in [4.69, 9.17) is 9.84 Å². The Bertz CT molecular complexity index is 344. The summed E-state index contributed by atoms with van der Waals surface area (Å²) < 4.78 is 4.91. The van der Waals surface area contributed by atoms with E-state index in [2.05, 4.69) is 0 Å². The van der Waals surface area contributed by atoms with Crippen molar-refractivity contribution in [3.63, 3.8) is 0 Å². The van der Waals surface area contributed by atoms with Gasteiger partial charge in [0.05, 0.1) is 5.41 Å². The average molecular weight is 286 g/mol. The van der Waals surface area contributed by atoms with Crippen molar-refractivity contribution in [1.29, 1.82) is 0 Å². The number of carboxylic acids is 1. The Morgan fingerprint density at radius 3 is 2.00 bits per heavy atom. The van der Waals surface area contributed by atoms with E-state index in [1.165, 1.54) is 0 Å². The van der Waals surface area contributed by atoms with Crippen molar-refractivity contribution in [2.75, 3.05) is 0 Å². The third-order valence-corrected chi connectivity index (χ3v) is 3.44. The average Bonchev–Trinajstić information content (AvgIpc) is 2.27. The molecule has 0 saturated heterocycles. The van der Waals surface area contributed by atoms with Crippen LogP contribution in [-0.2, 0) is 19.1 Å². The van der Waals surface area contributed by atoms with Gasteiger partial charge in [0, 0.05) is 12.8 Å². The van der Waals surface area contributed by atoms with Crippen LogP contribution in [0.4, 0.5) is 0 Å². The minimum Gasteiger partial charge on any atom is -0.481 e. The maximum Gasteiger partial charge on any atom is 0.309 e. The Morgan fingerprint density at radius 1 is 1.05 bits per heavy atom. The van der Waals surface area contributed by atoms with Gasteiger partial charge in [-0.2, -0.15) is 0 Å². The third-order valence-electron chi connectivity index (χ3n) is 3.44. The van der Waals surface area contributed by atoms with E-state index in [1.54, 1.807) is 27.7 Å². The van der Waals surface area contributed by atoms with Gasteiger partial charge in [0.1, 0.15) is 11.4 Å². The van der Waals surface area contributed by atoms with Gasteiger partial charge in [-0.1, -0.05) is 0 Å². The maximum absolute atomic E-state index is 11.7. The Labute approximate surface area is 120 Å². The lowest BCUT2D eigenvalue weighted by molar-refractivity contribution is -0.147. The van der Waals surface area contributed by atoms with E-state index in [0.717, 1.165) is 0 Å². The normalized spacial score (nSPS) is 12.0. The summed E-state index contributed by atoms with van der Waals surface area (Å²) in [5.41, 5.74) is -1.31. The van der Waals surface area contributed by atoms with Crippen molar-refractivity contribution in [2.45, 2.75) is 71.8 Å². The smallest absolute Gasteiger partial charge is 0.309 e. The molecule has 0 aliphatic rings. The first-order valence-electron chi connectivity index (χ1n) is 6.97. The molecule has 1 N–H and O–H groups in total. The summed E-state index contributed by atoms with van der Waals surface area (Å²) in [5, 5.41) is 8.96. The molecule has 0 aliphatic carbocycles. The first-order chi connectivity index (χ1) is 9.10. The number of carboxylic acid groups (broad SMARTS) is 1. The second-order valence-corrected chi connectivity index (χ2v) is 6.41. The molecule has 0 rings (SSSR count). The molecule has 0 heterocycles. The first kappa shape index (κ1) is 18.6. The molecule has 0 bridgehead atoms. The van der Waals surface area contributed by atoms with Crippen LogP contribution in [0.25, 0.3) is 0 Å². The molecule has 0 saturated carbocycles. The SMILES string of the molecule is CC(C)(CCCC(=O)CCCC(C)(C)C(=O)O)OC=O. The lowest BCUT2D eigenvalue weighted by atomic mass is 9.87. The van der Waals surface area contributed by atoms with Crippen molar-refractivity contribution in [3.8, 4) is 0 Å². The first-order valence-corrected chi connectivity index (χ1v) is 6.97. The number of aliphatic carboxylic acids is 1. The van der Waals surface area contributed by atoms with Crippen LogP contribution in [0, 0.1) is 5.41 Å². The summed E-state index contributed by atoms with van der Waals surface area (Å²) in [6, 6.07) is 0. The predicted molar refractivity (Wildman–Crippen MR) is 75.4 cm³/mol.